The van der Waals surface area contributed by atoms with Crippen LogP contribution in [0.5, 0.6) is 0 Å². The summed E-state index contributed by atoms with van der Waals surface area (Å²) in [6, 6.07) is 8.83. The van der Waals surface area contributed by atoms with Crippen molar-refractivity contribution < 1.29 is 13.2 Å². The lowest BCUT2D eigenvalue weighted by atomic mass is 10.2. The summed E-state index contributed by atoms with van der Waals surface area (Å²) in [4.78, 5) is 0. The summed E-state index contributed by atoms with van der Waals surface area (Å²) in [5.41, 5.74) is 0.753. The van der Waals surface area contributed by atoms with Crippen molar-refractivity contribution in [2.24, 2.45) is 0 Å². The van der Waals surface area contributed by atoms with Crippen molar-refractivity contribution in [1.82, 2.24) is 0 Å². The summed E-state index contributed by atoms with van der Waals surface area (Å²) < 4.78 is 35.0. The standard InChI is InChI=1S/C10H8F3/c11-10(12,13)8-4-7-9-5-2-1-3-6-9/h1-8H/b7-4+. The van der Waals surface area contributed by atoms with E-state index < -0.39 is 6.18 Å². The Morgan fingerprint density at radius 1 is 1.00 bits per heavy atom. The third-order valence-corrected chi connectivity index (χ3v) is 1.37. The van der Waals surface area contributed by atoms with Gasteiger partial charge >= 0.3 is 6.18 Å². The van der Waals surface area contributed by atoms with Crippen molar-refractivity contribution in [1.29, 1.82) is 0 Å². The molecule has 0 aliphatic heterocycles. The number of benzene rings is 1. The van der Waals surface area contributed by atoms with Gasteiger partial charge in [-0.3, -0.25) is 0 Å². The molecule has 13 heavy (non-hydrogen) atoms. The molecule has 0 amide bonds. The molecule has 0 nitrogen and oxygen atoms in total. The Hall–Kier alpha value is -1.25. The lowest BCUT2D eigenvalue weighted by Crippen LogP contribution is -2.05. The van der Waals surface area contributed by atoms with E-state index in [2.05, 4.69) is 0 Å². The van der Waals surface area contributed by atoms with Gasteiger partial charge in [-0.25, -0.2) is 0 Å². The summed E-state index contributed by atoms with van der Waals surface area (Å²) in [5.74, 6) is 0. The van der Waals surface area contributed by atoms with E-state index in [0.29, 0.717) is 0 Å². The van der Waals surface area contributed by atoms with Crippen LogP contribution in [0.2, 0.25) is 0 Å². The van der Waals surface area contributed by atoms with Crippen LogP contribution in [0.25, 0.3) is 6.08 Å². The average Bonchev–Trinajstić information content (AvgIpc) is 2.04. The molecule has 1 radical (unpaired) electrons. The first kappa shape index (κ1) is 9.84. The average molecular weight is 185 g/mol. The lowest BCUT2D eigenvalue weighted by Gasteiger charge is -1.99. The number of hydrogen-bond acceptors (Lipinski definition) is 0. The molecule has 0 atom stereocenters. The predicted molar refractivity (Wildman–Crippen MR) is 45.8 cm³/mol. The van der Waals surface area contributed by atoms with Gasteiger partial charge in [-0.15, -0.1) is 0 Å². The van der Waals surface area contributed by atoms with Crippen molar-refractivity contribution in [3.8, 4) is 0 Å². The molecule has 0 spiro atoms. The number of halogens is 3. The minimum absolute atomic E-state index is 0.208. The highest BCUT2D eigenvalue weighted by Crippen LogP contribution is 2.19. The van der Waals surface area contributed by atoms with Crippen LogP contribution in [0.1, 0.15) is 5.56 Å². The molecule has 0 heterocycles. The normalized spacial score (nSPS) is 12.2. The molecule has 0 fully saturated rings. The zero-order valence-electron chi connectivity index (χ0n) is 6.75. The molecule has 0 aliphatic carbocycles. The molecule has 0 unspecified atom stereocenters. The van der Waals surface area contributed by atoms with Crippen molar-refractivity contribution in [3.05, 3.63) is 48.4 Å². The molecule has 1 rings (SSSR count). The fourth-order valence-corrected chi connectivity index (χ4v) is 0.832. The van der Waals surface area contributed by atoms with Crippen LogP contribution in [0.4, 0.5) is 13.2 Å². The first-order valence-electron chi connectivity index (χ1n) is 3.72. The molecule has 0 aromatic heterocycles. The largest absolute Gasteiger partial charge is 0.396 e. The van der Waals surface area contributed by atoms with Crippen molar-refractivity contribution in [2.75, 3.05) is 0 Å². The van der Waals surface area contributed by atoms with E-state index in [1.807, 2.05) is 6.07 Å². The molecule has 69 valence electrons. The Morgan fingerprint density at radius 2 is 1.62 bits per heavy atom. The third-order valence-electron chi connectivity index (χ3n) is 1.37. The Balaban J connectivity index is 2.51. The summed E-state index contributed by atoms with van der Waals surface area (Å²) in [6.07, 6.45) is -1.62. The van der Waals surface area contributed by atoms with E-state index >= 15 is 0 Å². The highest BCUT2D eigenvalue weighted by Gasteiger charge is 2.25. The number of allylic oxidation sites excluding steroid dienone is 1. The first-order valence-corrected chi connectivity index (χ1v) is 3.72. The number of hydrogen-bond donors (Lipinski definition) is 0. The maximum atomic E-state index is 11.7. The van der Waals surface area contributed by atoms with Gasteiger partial charge in [-0.1, -0.05) is 42.5 Å². The van der Waals surface area contributed by atoms with Crippen LogP contribution in [-0.2, 0) is 0 Å². The molecule has 0 saturated heterocycles. The van der Waals surface area contributed by atoms with Crippen molar-refractivity contribution in [2.45, 2.75) is 6.18 Å². The quantitative estimate of drug-likeness (QED) is 0.661. The Kier molecular flexibility index (Phi) is 3.12. The zero-order chi connectivity index (χ0) is 9.73. The molecule has 0 bridgehead atoms. The fraction of sp³-hybridized carbons (Fsp3) is 0.100. The van der Waals surface area contributed by atoms with Crippen LogP contribution in [-0.4, -0.2) is 6.18 Å². The van der Waals surface area contributed by atoms with Gasteiger partial charge in [0.25, 0.3) is 0 Å². The van der Waals surface area contributed by atoms with Gasteiger partial charge < -0.3 is 0 Å². The van der Waals surface area contributed by atoms with Gasteiger partial charge in [0.1, 0.15) is 0 Å². The smallest absolute Gasteiger partial charge is 0.170 e. The van der Waals surface area contributed by atoms with Crippen LogP contribution >= 0.6 is 0 Å². The van der Waals surface area contributed by atoms with Crippen LogP contribution < -0.4 is 0 Å². The summed E-state index contributed by atoms with van der Waals surface area (Å²) in [6.45, 7) is 0. The SMILES string of the molecule is FC(F)(F)[CH]/C=C/c1ccccc1. The van der Waals surface area contributed by atoms with Gasteiger partial charge in [-0.2, -0.15) is 13.2 Å². The summed E-state index contributed by atoms with van der Waals surface area (Å²) in [5, 5.41) is 0. The van der Waals surface area contributed by atoms with Crippen molar-refractivity contribution >= 4 is 6.08 Å². The maximum absolute atomic E-state index is 11.7. The Bertz CT molecular complexity index is 272. The van der Waals surface area contributed by atoms with E-state index in [9.17, 15) is 13.2 Å². The molecular formula is C10H8F3. The van der Waals surface area contributed by atoms with Gasteiger partial charge in [0, 0.05) is 0 Å². The van der Waals surface area contributed by atoms with Gasteiger partial charge in [-0.05, 0) is 5.56 Å². The van der Waals surface area contributed by atoms with E-state index in [1.54, 1.807) is 24.3 Å². The van der Waals surface area contributed by atoms with Gasteiger partial charge in [0.05, 0.1) is 6.42 Å². The molecule has 3 heteroatoms. The minimum Gasteiger partial charge on any atom is -0.170 e. The minimum atomic E-state index is -4.23. The summed E-state index contributed by atoms with van der Waals surface area (Å²) >= 11 is 0. The number of alkyl halides is 3. The predicted octanol–water partition coefficient (Wildman–Crippen LogP) is 3.47. The van der Waals surface area contributed by atoms with E-state index in [-0.39, 0.29) is 6.42 Å². The van der Waals surface area contributed by atoms with Gasteiger partial charge in [0.15, 0.2) is 0 Å². The molecule has 1 aromatic rings. The Labute approximate surface area is 74.7 Å². The molecule has 0 saturated carbocycles. The molecule has 0 N–H and O–H groups in total. The van der Waals surface area contributed by atoms with Crippen LogP contribution in [0.3, 0.4) is 0 Å². The van der Waals surface area contributed by atoms with Crippen LogP contribution in [0, 0.1) is 6.42 Å². The fourth-order valence-electron chi connectivity index (χ4n) is 0.832. The van der Waals surface area contributed by atoms with Gasteiger partial charge in [0.2, 0.25) is 0 Å². The van der Waals surface area contributed by atoms with Crippen molar-refractivity contribution in [3.63, 3.8) is 0 Å². The monoisotopic (exact) mass is 185 g/mol. The van der Waals surface area contributed by atoms with E-state index in [1.165, 1.54) is 6.08 Å². The second kappa shape index (κ2) is 4.12. The number of rotatable bonds is 2. The lowest BCUT2D eigenvalue weighted by molar-refractivity contribution is -0.0919. The van der Waals surface area contributed by atoms with E-state index in [4.69, 9.17) is 0 Å². The summed E-state index contributed by atoms with van der Waals surface area (Å²) in [7, 11) is 0. The second-order valence-corrected chi connectivity index (χ2v) is 2.48. The molecular weight excluding hydrogens is 177 g/mol. The topological polar surface area (TPSA) is 0 Å². The Morgan fingerprint density at radius 3 is 2.15 bits per heavy atom. The highest BCUT2D eigenvalue weighted by molar-refractivity contribution is 5.50. The van der Waals surface area contributed by atoms with E-state index in [0.717, 1.165) is 11.6 Å². The molecule has 1 aromatic carbocycles. The first-order chi connectivity index (χ1) is 6.08. The van der Waals surface area contributed by atoms with Crippen LogP contribution in [0.15, 0.2) is 36.4 Å². The third kappa shape index (κ3) is 4.35. The highest BCUT2D eigenvalue weighted by atomic mass is 19.4. The zero-order valence-corrected chi connectivity index (χ0v) is 6.75. The maximum Gasteiger partial charge on any atom is 0.396 e. The molecule has 0 aliphatic rings. The second-order valence-electron chi connectivity index (χ2n) is 2.48.